The third kappa shape index (κ3) is 3.09. The molecule has 1 aromatic rings. The van der Waals surface area contributed by atoms with Crippen LogP contribution in [0.5, 0.6) is 0 Å². The van der Waals surface area contributed by atoms with Crippen molar-refractivity contribution in [3.63, 3.8) is 0 Å². The molecule has 16 heavy (non-hydrogen) atoms. The Morgan fingerprint density at radius 1 is 1.31 bits per heavy atom. The van der Waals surface area contributed by atoms with E-state index < -0.39 is 5.97 Å². The van der Waals surface area contributed by atoms with Crippen LogP contribution in [0, 0.1) is 19.8 Å². The number of rotatable bonds is 4. The van der Waals surface area contributed by atoms with Crippen LogP contribution in [0.15, 0.2) is 18.2 Å². The van der Waals surface area contributed by atoms with Crippen molar-refractivity contribution in [2.75, 3.05) is 0 Å². The smallest absolute Gasteiger partial charge is 0.303 e. The van der Waals surface area contributed by atoms with Gasteiger partial charge in [0, 0.05) is 0 Å². The molecule has 88 valence electrons. The quantitative estimate of drug-likeness (QED) is 0.843. The Labute approximate surface area is 97.3 Å². The van der Waals surface area contributed by atoms with Gasteiger partial charge < -0.3 is 5.11 Å². The molecule has 0 amide bonds. The van der Waals surface area contributed by atoms with E-state index >= 15 is 0 Å². The maximum absolute atomic E-state index is 10.9. The first-order valence-electron chi connectivity index (χ1n) is 5.70. The van der Waals surface area contributed by atoms with E-state index in [0.29, 0.717) is 5.92 Å². The fourth-order valence-electron chi connectivity index (χ4n) is 2.05. The lowest BCUT2D eigenvalue weighted by Crippen LogP contribution is -2.13. The van der Waals surface area contributed by atoms with E-state index in [1.807, 2.05) is 13.8 Å². The molecule has 0 saturated carbocycles. The summed E-state index contributed by atoms with van der Waals surface area (Å²) < 4.78 is 0. The zero-order valence-corrected chi connectivity index (χ0v) is 10.4. The molecule has 0 aromatic heterocycles. The minimum atomic E-state index is -0.723. The Balaban J connectivity index is 3.09. The molecule has 0 aliphatic carbocycles. The van der Waals surface area contributed by atoms with E-state index in [2.05, 4.69) is 32.0 Å². The van der Waals surface area contributed by atoms with Crippen molar-refractivity contribution < 1.29 is 9.90 Å². The van der Waals surface area contributed by atoms with Crippen LogP contribution in [0.1, 0.15) is 42.9 Å². The van der Waals surface area contributed by atoms with Gasteiger partial charge in [-0.1, -0.05) is 37.6 Å². The maximum atomic E-state index is 10.9. The second-order valence-electron chi connectivity index (χ2n) is 4.81. The minimum absolute atomic E-state index is 0.109. The van der Waals surface area contributed by atoms with Gasteiger partial charge in [-0.15, -0.1) is 0 Å². The molecular weight excluding hydrogens is 200 g/mol. The third-order valence-electron chi connectivity index (χ3n) is 3.03. The van der Waals surface area contributed by atoms with Gasteiger partial charge in [-0.05, 0) is 36.8 Å². The predicted molar refractivity (Wildman–Crippen MR) is 65.7 cm³/mol. The van der Waals surface area contributed by atoms with Gasteiger partial charge in [-0.3, -0.25) is 4.79 Å². The molecule has 2 heteroatoms. The molecule has 0 bridgehead atoms. The lowest BCUT2D eigenvalue weighted by Gasteiger charge is -2.22. The molecule has 0 fully saturated rings. The van der Waals surface area contributed by atoms with E-state index in [4.69, 9.17) is 5.11 Å². The van der Waals surface area contributed by atoms with Crippen LogP contribution in [0.3, 0.4) is 0 Å². The Kier molecular flexibility index (Phi) is 4.11. The van der Waals surface area contributed by atoms with Crippen LogP contribution in [-0.2, 0) is 4.79 Å². The van der Waals surface area contributed by atoms with Crippen LogP contribution < -0.4 is 0 Å². The summed E-state index contributed by atoms with van der Waals surface area (Å²) in [5.41, 5.74) is 3.56. The summed E-state index contributed by atoms with van der Waals surface area (Å²) in [6.07, 6.45) is 0.210. The number of aliphatic carboxylic acids is 1. The van der Waals surface area contributed by atoms with Crippen molar-refractivity contribution in [2.24, 2.45) is 5.92 Å². The van der Waals surface area contributed by atoms with E-state index in [9.17, 15) is 4.79 Å². The topological polar surface area (TPSA) is 37.3 Å². The Hall–Kier alpha value is -1.31. The van der Waals surface area contributed by atoms with Gasteiger partial charge in [0.05, 0.1) is 6.42 Å². The van der Waals surface area contributed by atoms with Gasteiger partial charge in [0.2, 0.25) is 0 Å². The zero-order valence-electron chi connectivity index (χ0n) is 10.4. The number of carbonyl (C=O) groups is 1. The fourth-order valence-corrected chi connectivity index (χ4v) is 2.05. The van der Waals surface area contributed by atoms with Crippen molar-refractivity contribution >= 4 is 5.97 Å². The van der Waals surface area contributed by atoms with E-state index in [0.717, 1.165) is 0 Å². The molecular formula is C14H20O2. The van der Waals surface area contributed by atoms with E-state index in [1.54, 1.807) is 0 Å². The summed E-state index contributed by atoms with van der Waals surface area (Å²) in [6, 6.07) is 6.25. The summed E-state index contributed by atoms with van der Waals surface area (Å²) in [6.45, 7) is 8.25. The number of hydrogen-bond donors (Lipinski definition) is 1. The Morgan fingerprint density at radius 2 is 1.94 bits per heavy atom. The number of hydrogen-bond acceptors (Lipinski definition) is 1. The van der Waals surface area contributed by atoms with Gasteiger partial charge in [-0.25, -0.2) is 0 Å². The Bertz CT molecular complexity index is 380. The predicted octanol–water partition coefficient (Wildman–Crippen LogP) is 3.52. The number of carboxylic acids is 1. The van der Waals surface area contributed by atoms with Gasteiger partial charge in [0.25, 0.3) is 0 Å². The van der Waals surface area contributed by atoms with Crippen LogP contribution in [0.2, 0.25) is 0 Å². The van der Waals surface area contributed by atoms with Crippen molar-refractivity contribution in [1.82, 2.24) is 0 Å². The number of benzene rings is 1. The highest BCUT2D eigenvalue weighted by Gasteiger charge is 2.20. The van der Waals surface area contributed by atoms with Crippen molar-refractivity contribution in [1.29, 1.82) is 0 Å². The monoisotopic (exact) mass is 220 g/mol. The molecule has 0 saturated heterocycles. The summed E-state index contributed by atoms with van der Waals surface area (Å²) >= 11 is 0. The molecule has 1 rings (SSSR count). The minimum Gasteiger partial charge on any atom is -0.481 e. The van der Waals surface area contributed by atoms with E-state index in [1.165, 1.54) is 16.7 Å². The summed E-state index contributed by atoms with van der Waals surface area (Å²) in [7, 11) is 0. The molecule has 0 aliphatic heterocycles. The summed E-state index contributed by atoms with van der Waals surface area (Å²) in [5.74, 6) is -0.270. The molecule has 1 N–H and O–H groups in total. The standard InChI is InChI=1S/C14H20O2/c1-9(2)12(8-14(15)16)13-7-10(3)5-6-11(13)4/h5-7,9,12H,8H2,1-4H3,(H,15,16). The third-order valence-corrected chi connectivity index (χ3v) is 3.03. The van der Waals surface area contributed by atoms with Crippen LogP contribution in [-0.4, -0.2) is 11.1 Å². The SMILES string of the molecule is Cc1ccc(C)c(C(CC(=O)O)C(C)C)c1. The first-order valence-corrected chi connectivity index (χ1v) is 5.70. The Morgan fingerprint density at radius 3 is 2.44 bits per heavy atom. The van der Waals surface area contributed by atoms with Gasteiger partial charge in [0.15, 0.2) is 0 Å². The average molecular weight is 220 g/mol. The first kappa shape index (κ1) is 12.8. The molecule has 1 atom stereocenters. The van der Waals surface area contributed by atoms with Gasteiger partial charge in [0.1, 0.15) is 0 Å². The molecule has 0 spiro atoms. The zero-order chi connectivity index (χ0) is 12.3. The summed E-state index contributed by atoms with van der Waals surface area (Å²) in [4.78, 5) is 10.9. The molecule has 0 heterocycles. The van der Waals surface area contributed by atoms with Crippen LogP contribution in [0.4, 0.5) is 0 Å². The van der Waals surface area contributed by atoms with Gasteiger partial charge in [-0.2, -0.15) is 0 Å². The van der Waals surface area contributed by atoms with Gasteiger partial charge >= 0.3 is 5.97 Å². The normalized spacial score (nSPS) is 12.8. The largest absolute Gasteiger partial charge is 0.481 e. The molecule has 1 aromatic carbocycles. The highest BCUT2D eigenvalue weighted by molar-refractivity contribution is 5.68. The summed E-state index contributed by atoms with van der Waals surface area (Å²) in [5, 5.41) is 8.95. The second kappa shape index (κ2) is 5.15. The van der Waals surface area contributed by atoms with Crippen molar-refractivity contribution in [3.8, 4) is 0 Å². The maximum Gasteiger partial charge on any atom is 0.303 e. The average Bonchev–Trinajstić information content (AvgIpc) is 2.18. The number of carboxylic acid groups (broad SMARTS) is 1. The first-order chi connectivity index (χ1) is 7.41. The lowest BCUT2D eigenvalue weighted by atomic mass is 9.83. The van der Waals surface area contributed by atoms with E-state index in [-0.39, 0.29) is 12.3 Å². The fraction of sp³-hybridized carbons (Fsp3) is 0.500. The van der Waals surface area contributed by atoms with Crippen LogP contribution in [0.25, 0.3) is 0 Å². The highest BCUT2D eigenvalue weighted by Crippen LogP contribution is 2.30. The van der Waals surface area contributed by atoms with Crippen molar-refractivity contribution in [2.45, 2.75) is 40.0 Å². The molecule has 0 aliphatic rings. The highest BCUT2D eigenvalue weighted by atomic mass is 16.4. The molecule has 0 radical (unpaired) electrons. The molecule has 2 nitrogen and oxygen atoms in total. The van der Waals surface area contributed by atoms with Crippen molar-refractivity contribution in [3.05, 3.63) is 34.9 Å². The molecule has 1 unspecified atom stereocenters. The second-order valence-corrected chi connectivity index (χ2v) is 4.81. The lowest BCUT2D eigenvalue weighted by molar-refractivity contribution is -0.137. The van der Waals surface area contributed by atoms with Crippen LogP contribution >= 0.6 is 0 Å². The number of aryl methyl sites for hydroxylation is 2.